The second-order valence-electron chi connectivity index (χ2n) is 5.35. The zero-order chi connectivity index (χ0) is 15.5. The third-order valence-corrected chi connectivity index (χ3v) is 3.77. The van der Waals surface area contributed by atoms with Gasteiger partial charge in [-0.25, -0.2) is 4.68 Å². The molecule has 0 bridgehead atoms. The van der Waals surface area contributed by atoms with Crippen molar-refractivity contribution in [2.75, 3.05) is 11.9 Å². The third kappa shape index (κ3) is 2.92. The summed E-state index contributed by atoms with van der Waals surface area (Å²) in [7, 11) is 0. The highest BCUT2D eigenvalue weighted by atomic mass is 16.6. The molecule has 2 N–H and O–H groups in total. The minimum absolute atomic E-state index is 0.00462. The number of aryl methyl sites for hydroxylation is 1. The van der Waals surface area contributed by atoms with Crippen molar-refractivity contribution in [2.45, 2.75) is 59.0 Å². The lowest BCUT2D eigenvalue weighted by atomic mass is 9.94. The Morgan fingerprint density at radius 2 is 2.00 bits per heavy atom. The van der Waals surface area contributed by atoms with Gasteiger partial charge in [-0.15, -0.1) is 0 Å². The smallest absolute Gasteiger partial charge is 0.333 e. The Morgan fingerprint density at radius 1 is 1.45 bits per heavy atom. The monoisotopic (exact) mass is 284 g/mol. The molecule has 7 heteroatoms. The molecule has 0 unspecified atom stereocenters. The minimum Gasteiger partial charge on any atom is -0.394 e. The normalized spacial score (nSPS) is 11.9. The molecule has 0 aromatic carbocycles. The highest BCUT2D eigenvalue weighted by Crippen LogP contribution is 2.34. The molecule has 1 aromatic rings. The van der Waals surface area contributed by atoms with E-state index in [1.807, 2.05) is 27.7 Å². The van der Waals surface area contributed by atoms with E-state index in [2.05, 4.69) is 10.4 Å². The van der Waals surface area contributed by atoms with E-state index in [1.165, 1.54) is 0 Å². The molecule has 0 radical (unpaired) electrons. The predicted molar refractivity (Wildman–Crippen MR) is 78.0 cm³/mol. The molecule has 1 rings (SSSR count). The van der Waals surface area contributed by atoms with Crippen LogP contribution in [-0.4, -0.2) is 32.0 Å². The molecule has 0 aliphatic heterocycles. The van der Waals surface area contributed by atoms with Crippen molar-refractivity contribution in [1.29, 1.82) is 0 Å². The van der Waals surface area contributed by atoms with E-state index in [0.29, 0.717) is 24.4 Å². The van der Waals surface area contributed by atoms with E-state index in [4.69, 9.17) is 0 Å². The molecular formula is C13H24N4O3. The molecule has 20 heavy (non-hydrogen) atoms. The topological polar surface area (TPSA) is 93.2 Å². The SMILES string of the molecule is CCC(CC)(CO)Nc1c([N+](=O)[O-])c(C)nn1C(C)C. The number of hydrogen-bond acceptors (Lipinski definition) is 5. The fraction of sp³-hybridized carbons (Fsp3) is 0.769. The molecule has 0 aliphatic carbocycles. The summed E-state index contributed by atoms with van der Waals surface area (Å²) in [5, 5.41) is 28.3. The van der Waals surface area contributed by atoms with Crippen LogP contribution < -0.4 is 5.32 Å². The molecule has 0 saturated heterocycles. The van der Waals surface area contributed by atoms with Gasteiger partial charge in [0.25, 0.3) is 0 Å². The van der Waals surface area contributed by atoms with Gasteiger partial charge in [0.2, 0.25) is 5.82 Å². The Balaban J connectivity index is 3.37. The Hall–Kier alpha value is -1.63. The minimum atomic E-state index is -0.566. The van der Waals surface area contributed by atoms with Crippen molar-refractivity contribution in [2.24, 2.45) is 0 Å². The summed E-state index contributed by atoms with van der Waals surface area (Å²) in [6.45, 7) is 9.27. The fourth-order valence-corrected chi connectivity index (χ4v) is 2.19. The zero-order valence-electron chi connectivity index (χ0n) is 12.8. The van der Waals surface area contributed by atoms with Gasteiger partial charge < -0.3 is 10.4 Å². The summed E-state index contributed by atoms with van der Waals surface area (Å²) in [5.41, 5.74) is -0.201. The molecule has 1 heterocycles. The van der Waals surface area contributed by atoms with Gasteiger partial charge in [-0.1, -0.05) is 13.8 Å². The van der Waals surface area contributed by atoms with Crippen molar-refractivity contribution in [3.05, 3.63) is 15.8 Å². The first-order valence-electron chi connectivity index (χ1n) is 6.94. The lowest BCUT2D eigenvalue weighted by Gasteiger charge is -2.31. The number of aliphatic hydroxyl groups is 1. The number of aliphatic hydroxyl groups excluding tert-OH is 1. The van der Waals surface area contributed by atoms with Crippen molar-refractivity contribution >= 4 is 11.5 Å². The maximum atomic E-state index is 11.3. The maximum absolute atomic E-state index is 11.3. The Labute approximate surface area is 119 Å². The first kappa shape index (κ1) is 16.4. The summed E-state index contributed by atoms with van der Waals surface area (Å²) in [6.07, 6.45) is 1.33. The van der Waals surface area contributed by atoms with Crippen LogP contribution in [0.25, 0.3) is 0 Å². The van der Waals surface area contributed by atoms with Gasteiger partial charge in [-0.2, -0.15) is 5.10 Å². The van der Waals surface area contributed by atoms with Gasteiger partial charge in [-0.05, 0) is 33.6 Å². The molecule has 0 atom stereocenters. The molecule has 0 spiro atoms. The first-order valence-corrected chi connectivity index (χ1v) is 6.94. The fourth-order valence-electron chi connectivity index (χ4n) is 2.19. The van der Waals surface area contributed by atoms with Gasteiger partial charge in [0.15, 0.2) is 0 Å². The molecule has 1 aromatic heterocycles. The van der Waals surface area contributed by atoms with Crippen molar-refractivity contribution in [1.82, 2.24) is 9.78 Å². The first-order chi connectivity index (χ1) is 9.31. The number of nitro groups is 1. The summed E-state index contributed by atoms with van der Waals surface area (Å²) in [5.74, 6) is 0.375. The average molecular weight is 284 g/mol. The van der Waals surface area contributed by atoms with Crippen molar-refractivity contribution in [3.63, 3.8) is 0 Å². The van der Waals surface area contributed by atoms with Crippen LogP contribution in [0.1, 0.15) is 52.3 Å². The average Bonchev–Trinajstić information content (AvgIpc) is 2.73. The summed E-state index contributed by atoms with van der Waals surface area (Å²) in [4.78, 5) is 10.9. The molecule has 114 valence electrons. The number of hydrogen-bond donors (Lipinski definition) is 2. The van der Waals surface area contributed by atoms with Gasteiger partial charge >= 0.3 is 5.69 Å². The number of anilines is 1. The van der Waals surface area contributed by atoms with Crippen LogP contribution in [0.5, 0.6) is 0 Å². The second-order valence-corrected chi connectivity index (χ2v) is 5.35. The van der Waals surface area contributed by atoms with Crippen LogP contribution in [-0.2, 0) is 0 Å². The molecular weight excluding hydrogens is 260 g/mol. The van der Waals surface area contributed by atoms with Crippen LogP contribution in [0.3, 0.4) is 0 Å². The predicted octanol–water partition coefficient (Wildman–Crippen LogP) is 2.64. The maximum Gasteiger partial charge on any atom is 0.333 e. The molecule has 0 saturated carbocycles. The molecule has 0 fully saturated rings. The van der Waals surface area contributed by atoms with Crippen LogP contribution in [0.2, 0.25) is 0 Å². The molecule has 7 nitrogen and oxygen atoms in total. The summed E-state index contributed by atoms with van der Waals surface area (Å²) in [6, 6.07) is -0.00462. The third-order valence-electron chi connectivity index (χ3n) is 3.77. The quantitative estimate of drug-likeness (QED) is 0.593. The Bertz CT molecular complexity index is 470. The van der Waals surface area contributed by atoms with Gasteiger partial charge in [0.1, 0.15) is 5.69 Å². The highest BCUT2D eigenvalue weighted by Gasteiger charge is 2.33. The number of rotatable bonds is 7. The van der Waals surface area contributed by atoms with Crippen LogP contribution in [0.4, 0.5) is 11.5 Å². The number of nitrogens with zero attached hydrogens (tertiary/aromatic N) is 3. The zero-order valence-corrected chi connectivity index (χ0v) is 12.8. The van der Waals surface area contributed by atoms with Crippen molar-refractivity contribution < 1.29 is 10.0 Å². The van der Waals surface area contributed by atoms with E-state index >= 15 is 0 Å². The van der Waals surface area contributed by atoms with Crippen molar-refractivity contribution in [3.8, 4) is 0 Å². The van der Waals surface area contributed by atoms with Crippen LogP contribution in [0.15, 0.2) is 0 Å². The van der Waals surface area contributed by atoms with Gasteiger partial charge in [-0.3, -0.25) is 10.1 Å². The largest absolute Gasteiger partial charge is 0.394 e. The second kappa shape index (κ2) is 6.21. The van der Waals surface area contributed by atoms with E-state index in [1.54, 1.807) is 11.6 Å². The van der Waals surface area contributed by atoms with E-state index in [-0.39, 0.29) is 18.3 Å². The highest BCUT2D eigenvalue weighted by molar-refractivity contribution is 5.61. The summed E-state index contributed by atoms with van der Waals surface area (Å²) >= 11 is 0. The van der Waals surface area contributed by atoms with E-state index in [9.17, 15) is 15.2 Å². The lowest BCUT2D eigenvalue weighted by molar-refractivity contribution is -0.384. The molecule has 0 amide bonds. The Kier molecular flexibility index (Phi) is 5.10. The summed E-state index contributed by atoms with van der Waals surface area (Å²) < 4.78 is 1.61. The van der Waals surface area contributed by atoms with Gasteiger partial charge in [0, 0.05) is 6.04 Å². The number of nitrogens with one attached hydrogen (secondary N) is 1. The number of aromatic nitrogens is 2. The van der Waals surface area contributed by atoms with Gasteiger partial charge in [0.05, 0.1) is 17.1 Å². The van der Waals surface area contributed by atoms with Crippen LogP contribution in [0, 0.1) is 17.0 Å². The standard InChI is InChI=1S/C13H24N4O3/c1-6-13(7-2,8-18)14-12-11(17(19)20)10(5)15-16(12)9(3)4/h9,14,18H,6-8H2,1-5H3. The Morgan fingerprint density at radius 3 is 2.35 bits per heavy atom. The molecule has 0 aliphatic rings. The van der Waals surface area contributed by atoms with Crippen LogP contribution >= 0.6 is 0 Å². The lowest BCUT2D eigenvalue weighted by Crippen LogP contribution is -2.41. The van der Waals surface area contributed by atoms with E-state index < -0.39 is 10.5 Å². The van der Waals surface area contributed by atoms with E-state index in [0.717, 1.165) is 0 Å².